The Bertz CT molecular complexity index is 239. The maximum Gasteiger partial charge on any atom is 0.323 e. The van der Waals surface area contributed by atoms with Crippen molar-refractivity contribution in [3.05, 3.63) is 0 Å². The molecular formula is C11H20O5. The number of aliphatic carboxylic acids is 1. The molecule has 0 aliphatic rings. The van der Waals surface area contributed by atoms with Gasteiger partial charge >= 0.3 is 11.9 Å². The van der Waals surface area contributed by atoms with Gasteiger partial charge in [0.2, 0.25) is 0 Å². The third-order valence-corrected chi connectivity index (χ3v) is 2.63. The Balaban J connectivity index is 4.71. The van der Waals surface area contributed by atoms with E-state index in [2.05, 4.69) is 0 Å². The van der Waals surface area contributed by atoms with E-state index in [9.17, 15) is 14.7 Å². The van der Waals surface area contributed by atoms with Gasteiger partial charge in [0, 0.05) is 13.7 Å². The Kier molecular flexibility index (Phi) is 6.72. The lowest BCUT2D eigenvalue weighted by Gasteiger charge is -2.25. The van der Waals surface area contributed by atoms with Gasteiger partial charge in [-0.2, -0.15) is 0 Å². The highest BCUT2D eigenvalue weighted by Crippen LogP contribution is 2.30. The Hall–Kier alpha value is -1.10. The number of carboxylic acids is 1. The van der Waals surface area contributed by atoms with Crippen molar-refractivity contribution in [1.29, 1.82) is 0 Å². The second kappa shape index (κ2) is 7.22. The Morgan fingerprint density at radius 1 is 1.31 bits per heavy atom. The summed E-state index contributed by atoms with van der Waals surface area (Å²) in [7, 11) is 1.54. The van der Waals surface area contributed by atoms with Crippen LogP contribution in [0.1, 0.15) is 33.1 Å². The number of carbonyl (C=O) groups is 2. The van der Waals surface area contributed by atoms with Gasteiger partial charge in [0.05, 0.1) is 6.61 Å². The lowest BCUT2D eigenvalue weighted by Crippen LogP contribution is -2.40. The van der Waals surface area contributed by atoms with E-state index < -0.39 is 17.4 Å². The standard InChI is InChI=1S/C11H20O5/c1-4-11(9(12)13,7-6-8-15-3)10(14)16-5-2/h4-8H2,1-3H3,(H,12,13). The average Bonchev–Trinajstić information content (AvgIpc) is 2.24. The fourth-order valence-electron chi connectivity index (χ4n) is 1.56. The molecule has 0 aliphatic heterocycles. The van der Waals surface area contributed by atoms with E-state index in [1.165, 1.54) is 0 Å². The molecule has 0 saturated heterocycles. The molecule has 0 aromatic rings. The van der Waals surface area contributed by atoms with Crippen molar-refractivity contribution in [2.45, 2.75) is 33.1 Å². The van der Waals surface area contributed by atoms with Crippen LogP contribution in [0.25, 0.3) is 0 Å². The van der Waals surface area contributed by atoms with Crippen molar-refractivity contribution in [2.24, 2.45) is 5.41 Å². The summed E-state index contributed by atoms with van der Waals surface area (Å²) in [6.07, 6.45) is 0.992. The number of carboxylic acid groups (broad SMARTS) is 1. The molecule has 1 atom stereocenters. The fraction of sp³-hybridized carbons (Fsp3) is 0.818. The first kappa shape index (κ1) is 14.9. The van der Waals surface area contributed by atoms with Crippen molar-refractivity contribution in [1.82, 2.24) is 0 Å². The largest absolute Gasteiger partial charge is 0.480 e. The normalized spacial score (nSPS) is 14.2. The first-order valence-electron chi connectivity index (χ1n) is 5.44. The minimum Gasteiger partial charge on any atom is -0.480 e. The van der Waals surface area contributed by atoms with Gasteiger partial charge in [-0.25, -0.2) is 0 Å². The third kappa shape index (κ3) is 3.48. The van der Waals surface area contributed by atoms with E-state index in [1.807, 2.05) is 0 Å². The zero-order valence-corrected chi connectivity index (χ0v) is 10.1. The molecule has 0 fully saturated rings. The monoisotopic (exact) mass is 232 g/mol. The van der Waals surface area contributed by atoms with Crippen molar-refractivity contribution in [2.75, 3.05) is 20.3 Å². The highest BCUT2D eigenvalue weighted by Gasteiger charge is 2.45. The maximum atomic E-state index is 11.7. The molecule has 0 rings (SSSR count). The van der Waals surface area contributed by atoms with Crippen LogP contribution in [0.4, 0.5) is 0 Å². The lowest BCUT2D eigenvalue weighted by molar-refractivity contribution is -0.169. The fourth-order valence-corrected chi connectivity index (χ4v) is 1.56. The molecule has 94 valence electrons. The molecule has 0 aromatic heterocycles. The Morgan fingerprint density at radius 2 is 1.94 bits per heavy atom. The summed E-state index contributed by atoms with van der Waals surface area (Å²) in [5.41, 5.74) is -1.42. The number of hydrogen-bond donors (Lipinski definition) is 1. The van der Waals surface area contributed by atoms with Crippen LogP contribution in [0.3, 0.4) is 0 Å². The molecule has 0 spiro atoms. The first-order chi connectivity index (χ1) is 7.55. The summed E-state index contributed by atoms with van der Waals surface area (Å²) >= 11 is 0. The van der Waals surface area contributed by atoms with Crippen LogP contribution >= 0.6 is 0 Å². The van der Waals surface area contributed by atoms with E-state index >= 15 is 0 Å². The number of esters is 1. The zero-order valence-electron chi connectivity index (χ0n) is 10.1. The van der Waals surface area contributed by atoms with Crippen LogP contribution in [0.15, 0.2) is 0 Å². The average molecular weight is 232 g/mol. The van der Waals surface area contributed by atoms with Crippen LogP contribution in [0, 0.1) is 5.41 Å². The molecular weight excluding hydrogens is 212 g/mol. The highest BCUT2D eigenvalue weighted by molar-refractivity contribution is 5.99. The summed E-state index contributed by atoms with van der Waals surface area (Å²) in [6.45, 7) is 3.97. The topological polar surface area (TPSA) is 72.8 Å². The van der Waals surface area contributed by atoms with Crippen LogP contribution in [0.2, 0.25) is 0 Å². The van der Waals surface area contributed by atoms with E-state index in [0.29, 0.717) is 13.0 Å². The summed E-state index contributed by atoms with van der Waals surface area (Å²) in [5.74, 6) is -1.77. The Morgan fingerprint density at radius 3 is 2.31 bits per heavy atom. The highest BCUT2D eigenvalue weighted by atomic mass is 16.5. The molecule has 1 unspecified atom stereocenters. The van der Waals surface area contributed by atoms with E-state index in [4.69, 9.17) is 9.47 Å². The van der Waals surface area contributed by atoms with Crippen LogP contribution in [-0.4, -0.2) is 37.4 Å². The van der Waals surface area contributed by atoms with Gasteiger partial charge in [0.15, 0.2) is 5.41 Å². The minimum absolute atomic E-state index is 0.193. The molecule has 0 saturated carbocycles. The minimum atomic E-state index is -1.42. The molecule has 5 nitrogen and oxygen atoms in total. The quantitative estimate of drug-likeness (QED) is 0.389. The predicted molar refractivity (Wildman–Crippen MR) is 58.1 cm³/mol. The van der Waals surface area contributed by atoms with Crippen molar-refractivity contribution >= 4 is 11.9 Å². The van der Waals surface area contributed by atoms with E-state index in [1.54, 1.807) is 21.0 Å². The van der Waals surface area contributed by atoms with Crippen molar-refractivity contribution in [3.63, 3.8) is 0 Å². The van der Waals surface area contributed by atoms with Crippen molar-refractivity contribution in [3.8, 4) is 0 Å². The molecule has 16 heavy (non-hydrogen) atoms. The molecule has 0 aromatic carbocycles. The maximum absolute atomic E-state index is 11.7. The van der Waals surface area contributed by atoms with Crippen LogP contribution < -0.4 is 0 Å². The summed E-state index contributed by atoms with van der Waals surface area (Å²) < 4.78 is 9.69. The van der Waals surface area contributed by atoms with Crippen LogP contribution in [0.5, 0.6) is 0 Å². The van der Waals surface area contributed by atoms with Gasteiger partial charge in [-0.15, -0.1) is 0 Å². The van der Waals surface area contributed by atoms with Gasteiger partial charge in [-0.05, 0) is 26.2 Å². The zero-order chi connectivity index (χ0) is 12.6. The van der Waals surface area contributed by atoms with Crippen molar-refractivity contribution < 1.29 is 24.2 Å². The van der Waals surface area contributed by atoms with Gasteiger partial charge in [-0.3, -0.25) is 9.59 Å². The second-order valence-electron chi connectivity index (χ2n) is 3.56. The van der Waals surface area contributed by atoms with Gasteiger partial charge < -0.3 is 14.6 Å². The first-order valence-corrected chi connectivity index (χ1v) is 5.44. The number of methoxy groups -OCH3 is 1. The van der Waals surface area contributed by atoms with E-state index in [-0.39, 0.29) is 19.4 Å². The SMILES string of the molecule is CCOC(=O)C(CC)(CCCOC)C(=O)O. The second-order valence-corrected chi connectivity index (χ2v) is 3.56. The van der Waals surface area contributed by atoms with Gasteiger partial charge in [-0.1, -0.05) is 6.92 Å². The third-order valence-electron chi connectivity index (χ3n) is 2.63. The lowest BCUT2D eigenvalue weighted by atomic mass is 9.80. The Labute approximate surface area is 95.7 Å². The number of hydrogen-bond acceptors (Lipinski definition) is 4. The molecule has 1 N–H and O–H groups in total. The summed E-state index contributed by atoms with van der Waals surface area (Å²) in [5, 5.41) is 9.18. The molecule has 0 radical (unpaired) electrons. The smallest absolute Gasteiger partial charge is 0.323 e. The molecule has 0 bridgehead atoms. The van der Waals surface area contributed by atoms with E-state index in [0.717, 1.165) is 0 Å². The predicted octanol–water partition coefficient (Wildman–Crippen LogP) is 1.46. The number of rotatable bonds is 8. The molecule has 0 amide bonds. The summed E-state index contributed by atoms with van der Waals surface area (Å²) in [4.78, 5) is 22.9. The van der Waals surface area contributed by atoms with Crippen LogP contribution in [-0.2, 0) is 19.1 Å². The molecule has 5 heteroatoms. The number of ether oxygens (including phenoxy) is 2. The molecule has 0 aliphatic carbocycles. The summed E-state index contributed by atoms with van der Waals surface area (Å²) in [6, 6.07) is 0. The molecule has 0 heterocycles. The number of carbonyl (C=O) groups excluding carboxylic acids is 1. The van der Waals surface area contributed by atoms with Gasteiger partial charge in [0.25, 0.3) is 0 Å². The van der Waals surface area contributed by atoms with Gasteiger partial charge in [0.1, 0.15) is 0 Å².